The van der Waals surface area contributed by atoms with Gasteiger partial charge in [-0.1, -0.05) is 13.0 Å². The van der Waals surface area contributed by atoms with Crippen molar-refractivity contribution in [2.75, 3.05) is 6.54 Å². The molecule has 19 heavy (non-hydrogen) atoms. The summed E-state index contributed by atoms with van der Waals surface area (Å²) in [5, 5.41) is 4.97. The van der Waals surface area contributed by atoms with Crippen molar-refractivity contribution in [3.05, 3.63) is 55.0 Å². The first-order valence-corrected chi connectivity index (χ1v) is 7.61. The average Bonchev–Trinajstić information content (AvgIpc) is 2.81. The van der Waals surface area contributed by atoms with Crippen LogP contribution < -0.4 is 5.32 Å². The molecule has 1 nitrogen and oxygen atoms in total. The topological polar surface area (TPSA) is 12.0 Å². The maximum atomic E-state index is 13.9. The molecule has 102 valence electrons. The fourth-order valence-electron chi connectivity index (χ4n) is 1.85. The summed E-state index contributed by atoms with van der Waals surface area (Å²) in [7, 11) is 0. The molecule has 1 N–H and O–H groups in total. The SMILES string of the molecule is CCNC(c1csc(I)c1)c1ccc(F)c(F)c1F. The van der Waals surface area contributed by atoms with Crippen molar-refractivity contribution in [2.45, 2.75) is 13.0 Å². The van der Waals surface area contributed by atoms with Crippen molar-refractivity contribution >= 4 is 33.9 Å². The third kappa shape index (κ3) is 3.11. The van der Waals surface area contributed by atoms with Gasteiger partial charge >= 0.3 is 0 Å². The molecule has 0 saturated heterocycles. The van der Waals surface area contributed by atoms with Crippen LogP contribution in [-0.4, -0.2) is 6.54 Å². The Bertz CT molecular complexity index is 585. The molecule has 1 aromatic heterocycles. The van der Waals surface area contributed by atoms with Crippen molar-refractivity contribution in [2.24, 2.45) is 0 Å². The van der Waals surface area contributed by atoms with E-state index in [0.717, 1.165) is 14.5 Å². The van der Waals surface area contributed by atoms with Gasteiger partial charge in [-0.3, -0.25) is 0 Å². The maximum absolute atomic E-state index is 13.9. The van der Waals surface area contributed by atoms with Gasteiger partial charge in [-0.05, 0) is 52.2 Å². The Kier molecular flexibility index (Phi) is 4.86. The molecule has 0 amide bonds. The Morgan fingerprint density at radius 2 is 2.00 bits per heavy atom. The number of hydrogen-bond donors (Lipinski definition) is 1. The summed E-state index contributed by atoms with van der Waals surface area (Å²) < 4.78 is 41.2. The molecule has 1 aromatic carbocycles. The first kappa shape index (κ1) is 14.8. The van der Waals surface area contributed by atoms with Crippen LogP contribution in [0.3, 0.4) is 0 Å². The van der Waals surface area contributed by atoms with E-state index < -0.39 is 23.5 Å². The molecule has 2 aromatic rings. The Morgan fingerprint density at radius 3 is 2.58 bits per heavy atom. The van der Waals surface area contributed by atoms with E-state index in [4.69, 9.17) is 0 Å². The van der Waals surface area contributed by atoms with Crippen LogP contribution in [0.15, 0.2) is 23.6 Å². The summed E-state index contributed by atoms with van der Waals surface area (Å²) in [6, 6.07) is 3.67. The first-order chi connectivity index (χ1) is 9.04. The number of rotatable bonds is 4. The summed E-state index contributed by atoms with van der Waals surface area (Å²) >= 11 is 3.69. The minimum atomic E-state index is -1.43. The van der Waals surface area contributed by atoms with Crippen molar-refractivity contribution < 1.29 is 13.2 Å². The largest absolute Gasteiger partial charge is 0.306 e. The Morgan fingerprint density at radius 1 is 1.26 bits per heavy atom. The van der Waals surface area contributed by atoms with Gasteiger partial charge in [0.2, 0.25) is 0 Å². The van der Waals surface area contributed by atoms with Gasteiger partial charge in [-0.2, -0.15) is 0 Å². The zero-order valence-corrected chi connectivity index (χ0v) is 13.0. The second-order valence-electron chi connectivity index (χ2n) is 3.94. The molecule has 0 aliphatic heterocycles. The van der Waals surface area contributed by atoms with Crippen molar-refractivity contribution in [3.8, 4) is 0 Å². The number of nitrogens with one attached hydrogen (secondary N) is 1. The van der Waals surface area contributed by atoms with E-state index in [0.29, 0.717) is 6.54 Å². The number of hydrogen-bond acceptors (Lipinski definition) is 2. The van der Waals surface area contributed by atoms with Crippen LogP contribution in [0, 0.1) is 20.3 Å². The molecule has 0 aliphatic rings. The van der Waals surface area contributed by atoms with E-state index in [9.17, 15) is 13.2 Å². The zero-order chi connectivity index (χ0) is 14.0. The van der Waals surface area contributed by atoms with Gasteiger partial charge in [-0.15, -0.1) is 11.3 Å². The van der Waals surface area contributed by atoms with Crippen LogP contribution in [0.25, 0.3) is 0 Å². The molecule has 0 aliphatic carbocycles. The predicted octanol–water partition coefficient (Wildman–Crippen LogP) is 4.47. The Labute approximate surface area is 127 Å². The van der Waals surface area contributed by atoms with Crippen molar-refractivity contribution in [3.63, 3.8) is 0 Å². The second-order valence-corrected chi connectivity index (χ2v) is 6.74. The van der Waals surface area contributed by atoms with Gasteiger partial charge in [0, 0.05) is 5.56 Å². The third-order valence-electron chi connectivity index (χ3n) is 2.71. The van der Waals surface area contributed by atoms with E-state index in [2.05, 4.69) is 27.9 Å². The molecule has 2 rings (SSSR count). The lowest BCUT2D eigenvalue weighted by Crippen LogP contribution is -2.23. The van der Waals surface area contributed by atoms with Crippen LogP contribution in [0.1, 0.15) is 24.1 Å². The van der Waals surface area contributed by atoms with Gasteiger partial charge in [0.25, 0.3) is 0 Å². The fraction of sp³-hybridized carbons (Fsp3) is 0.231. The van der Waals surface area contributed by atoms with E-state index in [-0.39, 0.29) is 5.56 Å². The quantitative estimate of drug-likeness (QED) is 0.593. The van der Waals surface area contributed by atoms with Crippen LogP contribution >= 0.6 is 33.9 Å². The molecule has 0 fully saturated rings. The van der Waals surface area contributed by atoms with Crippen LogP contribution in [-0.2, 0) is 0 Å². The molecular formula is C13H11F3INS. The average molecular weight is 397 g/mol. The highest BCUT2D eigenvalue weighted by atomic mass is 127. The second kappa shape index (κ2) is 6.23. The van der Waals surface area contributed by atoms with E-state index in [1.165, 1.54) is 17.4 Å². The predicted molar refractivity (Wildman–Crippen MR) is 78.9 cm³/mol. The molecule has 0 saturated carbocycles. The highest BCUT2D eigenvalue weighted by molar-refractivity contribution is 14.1. The number of benzene rings is 1. The van der Waals surface area contributed by atoms with Gasteiger partial charge < -0.3 is 5.32 Å². The van der Waals surface area contributed by atoms with Crippen molar-refractivity contribution in [1.29, 1.82) is 0 Å². The van der Waals surface area contributed by atoms with Crippen LogP contribution in [0.5, 0.6) is 0 Å². The Balaban J connectivity index is 2.48. The molecule has 0 radical (unpaired) electrons. The van der Waals surface area contributed by atoms with Gasteiger partial charge in [-0.25, -0.2) is 13.2 Å². The zero-order valence-electron chi connectivity index (χ0n) is 10.0. The van der Waals surface area contributed by atoms with E-state index in [1.807, 2.05) is 18.4 Å². The smallest absolute Gasteiger partial charge is 0.194 e. The number of thiophene rings is 1. The summed E-state index contributed by atoms with van der Waals surface area (Å²) in [4.78, 5) is 0. The highest BCUT2D eigenvalue weighted by Crippen LogP contribution is 2.30. The summed E-state index contributed by atoms with van der Waals surface area (Å²) in [5.41, 5.74) is 0.969. The fourth-order valence-corrected chi connectivity index (χ4v) is 3.25. The normalized spacial score (nSPS) is 12.7. The summed E-state index contributed by atoms with van der Waals surface area (Å²) in [6.45, 7) is 2.47. The summed E-state index contributed by atoms with van der Waals surface area (Å²) in [5.74, 6) is -3.73. The van der Waals surface area contributed by atoms with Gasteiger partial charge in [0.15, 0.2) is 17.5 Å². The van der Waals surface area contributed by atoms with Crippen molar-refractivity contribution in [1.82, 2.24) is 5.32 Å². The molecule has 0 spiro atoms. The lowest BCUT2D eigenvalue weighted by molar-refractivity contribution is 0.433. The monoisotopic (exact) mass is 397 g/mol. The van der Waals surface area contributed by atoms with E-state index in [1.54, 1.807) is 0 Å². The minimum Gasteiger partial charge on any atom is -0.306 e. The molecule has 1 unspecified atom stereocenters. The number of halogens is 4. The molecular weight excluding hydrogens is 386 g/mol. The molecule has 1 atom stereocenters. The lowest BCUT2D eigenvalue weighted by atomic mass is 10.0. The third-order valence-corrected chi connectivity index (χ3v) is 4.51. The highest BCUT2D eigenvalue weighted by Gasteiger charge is 2.22. The van der Waals surface area contributed by atoms with Crippen LogP contribution in [0.2, 0.25) is 0 Å². The molecule has 1 heterocycles. The van der Waals surface area contributed by atoms with Gasteiger partial charge in [0.05, 0.1) is 8.93 Å². The van der Waals surface area contributed by atoms with E-state index >= 15 is 0 Å². The first-order valence-electron chi connectivity index (χ1n) is 5.65. The van der Waals surface area contributed by atoms with Crippen LogP contribution in [0.4, 0.5) is 13.2 Å². The molecule has 0 bridgehead atoms. The minimum absolute atomic E-state index is 0.120. The Hall–Kier alpha value is -0.600. The standard InChI is InChI=1S/C13H11F3INS/c1-2-18-13(7-5-10(17)19-6-7)8-3-4-9(14)12(16)11(8)15/h3-6,13,18H,2H2,1H3. The van der Waals surface area contributed by atoms with Gasteiger partial charge in [0.1, 0.15) is 0 Å². The summed E-state index contributed by atoms with van der Waals surface area (Å²) in [6.07, 6.45) is 0. The maximum Gasteiger partial charge on any atom is 0.194 e. The lowest BCUT2D eigenvalue weighted by Gasteiger charge is -2.18. The molecule has 6 heteroatoms.